The number of thioether (sulfide) groups is 1. The van der Waals surface area contributed by atoms with E-state index < -0.39 is 11.6 Å². The summed E-state index contributed by atoms with van der Waals surface area (Å²) in [7, 11) is 0. The quantitative estimate of drug-likeness (QED) is 0.200. The number of aliphatic carboxylic acids is 1. The van der Waals surface area contributed by atoms with Crippen LogP contribution in [0.1, 0.15) is 72.0 Å². The summed E-state index contributed by atoms with van der Waals surface area (Å²) in [5.74, 6) is -0.728. The number of hydrogen-bond acceptors (Lipinski definition) is 5. The van der Waals surface area contributed by atoms with E-state index >= 15 is 0 Å². The number of fused-ring (bicyclic) bond motifs is 1. The summed E-state index contributed by atoms with van der Waals surface area (Å²) in [6.45, 7) is 3.65. The molecule has 0 bridgehead atoms. The first-order valence-corrected chi connectivity index (χ1v) is 14.7. The van der Waals surface area contributed by atoms with Crippen LogP contribution in [-0.4, -0.2) is 25.9 Å². The number of benzene rings is 3. The highest BCUT2D eigenvalue weighted by molar-refractivity contribution is 8.01. The van der Waals surface area contributed by atoms with Crippen LogP contribution in [0.3, 0.4) is 0 Å². The zero-order valence-electron chi connectivity index (χ0n) is 21.8. The van der Waals surface area contributed by atoms with Crippen molar-refractivity contribution in [2.45, 2.75) is 61.5 Å². The van der Waals surface area contributed by atoms with E-state index in [4.69, 9.17) is 4.98 Å². The lowest BCUT2D eigenvalue weighted by Crippen LogP contribution is -2.18. The van der Waals surface area contributed by atoms with Crippen molar-refractivity contribution in [2.75, 3.05) is 0 Å². The van der Waals surface area contributed by atoms with Gasteiger partial charge >= 0.3 is 5.97 Å². The fourth-order valence-electron chi connectivity index (χ4n) is 4.96. The van der Waals surface area contributed by atoms with Crippen LogP contribution in [0.2, 0.25) is 0 Å². The van der Waals surface area contributed by atoms with Gasteiger partial charge in [-0.2, -0.15) is 0 Å². The Balaban J connectivity index is 1.39. The number of carboxylic acid groups (broad SMARTS) is 1. The molecule has 2 N–H and O–H groups in total. The van der Waals surface area contributed by atoms with Crippen LogP contribution in [0.5, 0.6) is 0 Å². The number of para-hydroxylation sites is 1. The number of hydrogen-bond donors (Lipinski definition) is 2. The highest BCUT2D eigenvalue weighted by atomic mass is 32.2. The molecule has 0 spiro atoms. The first-order chi connectivity index (χ1) is 18.2. The molecule has 0 amide bonds. The van der Waals surface area contributed by atoms with Gasteiger partial charge in [-0.05, 0) is 80.0 Å². The molecule has 1 fully saturated rings. The lowest BCUT2D eigenvalue weighted by molar-refractivity contribution is -0.137. The van der Waals surface area contributed by atoms with Crippen molar-refractivity contribution in [3.05, 3.63) is 100 Å². The van der Waals surface area contributed by atoms with Crippen LogP contribution in [-0.2, 0) is 16.8 Å². The lowest BCUT2D eigenvalue weighted by atomic mass is 9.90. The number of rotatable bonds is 11. The molecule has 0 radical (unpaired) electrons. The molecule has 1 atom stereocenters. The molecule has 1 aliphatic rings. The molecule has 1 aromatic heterocycles. The minimum absolute atomic E-state index is 0.155. The van der Waals surface area contributed by atoms with Gasteiger partial charge in [0, 0.05) is 10.00 Å². The van der Waals surface area contributed by atoms with E-state index in [1.165, 1.54) is 10.3 Å². The van der Waals surface area contributed by atoms with Crippen molar-refractivity contribution < 1.29 is 15.0 Å². The van der Waals surface area contributed by atoms with Gasteiger partial charge < -0.3 is 10.2 Å². The fourth-order valence-corrected chi connectivity index (χ4v) is 7.50. The standard InChI is InChI=1S/C32H33NO3S2/c1-31(2,36)25-11-4-3-9-23(25)15-16-27(38-32(18-19-32)21-30(34)35)24-10-7-8-22(20-24)14-17-29-33-26-12-5-6-13-28(26)37-29/h3-14,17,20,27,36H,15-16,18-19,21H2,1-2H3,(H,34,35)/b17-14+. The molecule has 0 saturated heterocycles. The van der Waals surface area contributed by atoms with Gasteiger partial charge in [-0.25, -0.2) is 4.98 Å². The van der Waals surface area contributed by atoms with Crippen molar-refractivity contribution in [3.63, 3.8) is 0 Å². The number of thiazole rings is 1. The Morgan fingerprint density at radius 3 is 2.58 bits per heavy atom. The minimum atomic E-state index is -0.911. The number of carboxylic acids is 1. The van der Waals surface area contributed by atoms with Gasteiger partial charge in [-0.15, -0.1) is 23.1 Å². The van der Waals surface area contributed by atoms with Crippen molar-refractivity contribution in [3.8, 4) is 0 Å². The predicted octanol–water partition coefficient (Wildman–Crippen LogP) is 8.11. The maximum Gasteiger partial charge on any atom is 0.304 e. The molecule has 4 aromatic rings. The Bertz CT molecular complexity index is 1430. The summed E-state index contributed by atoms with van der Waals surface area (Å²) in [6.07, 6.45) is 7.94. The predicted molar refractivity (Wildman–Crippen MR) is 160 cm³/mol. The number of aryl methyl sites for hydroxylation is 1. The van der Waals surface area contributed by atoms with Crippen LogP contribution < -0.4 is 0 Å². The van der Waals surface area contributed by atoms with E-state index in [2.05, 4.69) is 48.6 Å². The molecule has 1 unspecified atom stereocenters. The monoisotopic (exact) mass is 543 g/mol. The molecule has 1 heterocycles. The molecule has 1 aliphatic carbocycles. The van der Waals surface area contributed by atoms with E-state index in [-0.39, 0.29) is 16.4 Å². The molecule has 3 aromatic carbocycles. The van der Waals surface area contributed by atoms with Gasteiger partial charge in [0.05, 0.1) is 22.2 Å². The summed E-state index contributed by atoms with van der Waals surface area (Å²) < 4.78 is 0.996. The van der Waals surface area contributed by atoms with Gasteiger partial charge in [-0.1, -0.05) is 66.7 Å². The first-order valence-electron chi connectivity index (χ1n) is 13.0. The first kappa shape index (κ1) is 26.7. The topological polar surface area (TPSA) is 70.4 Å². The van der Waals surface area contributed by atoms with E-state index in [1.807, 2.05) is 62.0 Å². The second kappa shape index (κ2) is 11.0. The Labute approximate surface area is 232 Å². The Kier molecular flexibility index (Phi) is 7.75. The summed E-state index contributed by atoms with van der Waals surface area (Å²) in [5, 5.41) is 21.4. The van der Waals surface area contributed by atoms with Crippen molar-refractivity contribution in [1.29, 1.82) is 0 Å². The zero-order chi connectivity index (χ0) is 26.8. The summed E-state index contributed by atoms with van der Waals surface area (Å²) in [6, 6.07) is 24.8. The summed E-state index contributed by atoms with van der Waals surface area (Å²) in [5.41, 5.74) is 4.50. The maximum atomic E-state index is 11.6. The average Bonchev–Trinajstić information content (AvgIpc) is 3.50. The lowest BCUT2D eigenvalue weighted by Gasteiger charge is -2.25. The van der Waals surface area contributed by atoms with Crippen LogP contribution >= 0.6 is 23.1 Å². The highest BCUT2D eigenvalue weighted by Gasteiger charge is 2.47. The number of nitrogens with zero attached hydrogens (tertiary/aromatic N) is 1. The Morgan fingerprint density at radius 1 is 1.08 bits per heavy atom. The normalized spacial score (nSPS) is 15.7. The van der Waals surface area contributed by atoms with Crippen LogP contribution in [0.15, 0.2) is 72.8 Å². The highest BCUT2D eigenvalue weighted by Crippen LogP contribution is 2.57. The van der Waals surface area contributed by atoms with Crippen molar-refractivity contribution in [1.82, 2.24) is 4.98 Å². The second-order valence-corrected chi connectivity index (χ2v) is 13.4. The fraction of sp³-hybridized carbons (Fsp3) is 0.312. The van der Waals surface area contributed by atoms with Crippen LogP contribution in [0, 0.1) is 0 Å². The third kappa shape index (κ3) is 6.55. The van der Waals surface area contributed by atoms with Crippen molar-refractivity contribution >= 4 is 51.4 Å². The molecule has 0 aliphatic heterocycles. The molecule has 6 heteroatoms. The Hall–Kier alpha value is -2.93. The van der Waals surface area contributed by atoms with Gasteiger partial charge in [-0.3, -0.25) is 4.79 Å². The second-order valence-electron chi connectivity index (χ2n) is 10.6. The molecule has 1 saturated carbocycles. The van der Waals surface area contributed by atoms with Gasteiger partial charge in [0.1, 0.15) is 5.01 Å². The van der Waals surface area contributed by atoms with Gasteiger partial charge in [0.15, 0.2) is 0 Å². The largest absolute Gasteiger partial charge is 0.481 e. The Morgan fingerprint density at radius 2 is 1.84 bits per heavy atom. The zero-order valence-corrected chi connectivity index (χ0v) is 23.4. The number of aromatic nitrogens is 1. The van der Waals surface area contributed by atoms with E-state index in [0.29, 0.717) is 0 Å². The van der Waals surface area contributed by atoms with Gasteiger partial charge in [0.2, 0.25) is 0 Å². The number of aliphatic hydroxyl groups is 1. The van der Waals surface area contributed by atoms with Crippen LogP contribution in [0.25, 0.3) is 22.4 Å². The molecule has 4 nitrogen and oxygen atoms in total. The van der Waals surface area contributed by atoms with E-state index in [1.54, 1.807) is 11.3 Å². The van der Waals surface area contributed by atoms with Gasteiger partial charge in [0.25, 0.3) is 0 Å². The third-order valence-electron chi connectivity index (χ3n) is 7.04. The number of carbonyl (C=O) groups is 1. The summed E-state index contributed by atoms with van der Waals surface area (Å²) in [4.78, 5) is 16.3. The minimum Gasteiger partial charge on any atom is -0.481 e. The third-order valence-corrected chi connectivity index (χ3v) is 9.88. The summed E-state index contributed by atoms with van der Waals surface area (Å²) >= 11 is 3.50. The molecular weight excluding hydrogens is 510 g/mol. The van der Waals surface area contributed by atoms with Crippen molar-refractivity contribution in [2.24, 2.45) is 0 Å². The molecular formula is C32H33NO3S2. The molecule has 5 rings (SSSR count). The molecule has 196 valence electrons. The van der Waals surface area contributed by atoms with E-state index in [9.17, 15) is 15.0 Å². The van der Waals surface area contributed by atoms with E-state index in [0.717, 1.165) is 52.9 Å². The average molecular weight is 544 g/mol. The van der Waals surface area contributed by atoms with Crippen LogP contribution in [0.4, 0.5) is 0 Å². The maximum absolute atomic E-state index is 11.6. The smallest absolute Gasteiger partial charge is 0.304 e. The molecule has 38 heavy (non-hydrogen) atoms. The SMILES string of the molecule is CC(C)(O)c1ccccc1CCC(SC1(CC(=O)O)CC1)c1cccc(/C=C/c2nc3ccccc3s2)c1.